The van der Waals surface area contributed by atoms with E-state index >= 15 is 0 Å². The maximum absolute atomic E-state index is 5.93. The van der Waals surface area contributed by atoms with Crippen LogP contribution in [0.1, 0.15) is 18.4 Å². The molecule has 112 valence electrons. The first-order valence-electron chi connectivity index (χ1n) is 7.64. The van der Waals surface area contributed by atoms with Crippen LogP contribution >= 0.6 is 11.3 Å². The van der Waals surface area contributed by atoms with Crippen LogP contribution in [0.2, 0.25) is 0 Å². The number of anilines is 1. The van der Waals surface area contributed by atoms with Gasteiger partial charge in [0.1, 0.15) is 0 Å². The Morgan fingerprint density at radius 1 is 1.05 bits per heavy atom. The van der Waals surface area contributed by atoms with Crippen LogP contribution in [0.5, 0.6) is 0 Å². The van der Waals surface area contributed by atoms with Gasteiger partial charge >= 0.3 is 0 Å². The van der Waals surface area contributed by atoms with E-state index < -0.39 is 0 Å². The third-order valence-electron chi connectivity index (χ3n) is 4.04. The van der Waals surface area contributed by atoms with Gasteiger partial charge in [0.2, 0.25) is 0 Å². The molecule has 0 radical (unpaired) electrons. The van der Waals surface area contributed by atoms with E-state index in [1.807, 2.05) is 12.1 Å². The Balaban J connectivity index is 1.27. The number of hydrogen-bond donors (Lipinski definition) is 1. The molecule has 0 saturated heterocycles. The van der Waals surface area contributed by atoms with Crippen LogP contribution in [0.4, 0.5) is 5.13 Å². The normalized spacial score (nSPS) is 20.7. The number of fused-ring (bicyclic) bond motifs is 1. The van der Waals surface area contributed by atoms with Crippen molar-refractivity contribution < 1.29 is 4.74 Å². The predicted molar refractivity (Wildman–Crippen MR) is 91.3 cm³/mol. The molecule has 1 heterocycles. The Labute approximate surface area is 134 Å². The molecular formula is C18H18N2OS. The maximum Gasteiger partial charge on any atom is 0.184 e. The molecule has 1 aliphatic carbocycles. The monoisotopic (exact) mass is 310 g/mol. The highest BCUT2D eigenvalue weighted by Crippen LogP contribution is 2.31. The second-order valence-corrected chi connectivity index (χ2v) is 6.75. The molecule has 22 heavy (non-hydrogen) atoms. The van der Waals surface area contributed by atoms with Crippen molar-refractivity contribution in [1.29, 1.82) is 0 Å². The summed E-state index contributed by atoms with van der Waals surface area (Å²) in [5, 5.41) is 4.54. The van der Waals surface area contributed by atoms with Gasteiger partial charge in [0.15, 0.2) is 5.13 Å². The molecule has 1 saturated carbocycles. The largest absolute Gasteiger partial charge is 0.373 e. The van der Waals surface area contributed by atoms with Gasteiger partial charge in [-0.15, -0.1) is 0 Å². The molecule has 0 atom stereocenters. The minimum atomic E-state index is 0.368. The fraction of sp³-hybridized carbons (Fsp3) is 0.278. The van der Waals surface area contributed by atoms with Crippen molar-refractivity contribution in [2.75, 3.05) is 5.32 Å². The summed E-state index contributed by atoms with van der Waals surface area (Å²) >= 11 is 1.72. The topological polar surface area (TPSA) is 34.1 Å². The zero-order chi connectivity index (χ0) is 14.8. The number of hydrogen-bond acceptors (Lipinski definition) is 4. The Kier molecular flexibility index (Phi) is 3.79. The summed E-state index contributed by atoms with van der Waals surface area (Å²) in [6, 6.07) is 19.1. The number of benzene rings is 2. The molecule has 1 fully saturated rings. The zero-order valence-electron chi connectivity index (χ0n) is 12.2. The molecule has 2 aromatic carbocycles. The molecule has 3 aromatic rings. The zero-order valence-corrected chi connectivity index (χ0v) is 13.1. The van der Waals surface area contributed by atoms with Gasteiger partial charge in [0.05, 0.1) is 22.9 Å². The minimum Gasteiger partial charge on any atom is -0.373 e. The van der Waals surface area contributed by atoms with Crippen LogP contribution in [0.25, 0.3) is 10.2 Å². The van der Waals surface area contributed by atoms with Crippen LogP contribution in [-0.2, 0) is 11.3 Å². The smallest absolute Gasteiger partial charge is 0.184 e. The molecule has 0 unspecified atom stereocenters. The highest BCUT2D eigenvalue weighted by atomic mass is 32.1. The van der Waals surface area contributed by atoms with E-state index in [0.717, 1.165) is 23.5 Å². The maximum atomic E-state index is 5.93. The first kappa shape index (κ1) is 13.7. The molecule has 0 spiro atoms. The number of rotatable bonds is 5. The summed E-state index contributed by atoms with van der Waals surface area (Å²) in [5.74, 6) is 0. The number of aromatic nitrogens is 1. The Hall–Kier alpha value is -1.91. The molecule has 4 rings (SSSR count). The first-order valence-corrected chi connectivity index (χ1v) is 8.46. The van der Waals surface area contributed by atoms with Crippen molar-refractivity contribution in [2.24, 2.45) is 0 Å². The van der Waals surface area contributed by atoms with Crippen molar-refractivity contribution in [1.82, 2.24) is 4.98 Å². The second kappa shape index (κ2) is 6.07. The summed E-state index contributed by atoms with van der Waals surface area (Å²) in [5.41, 5.74) is 2.32. The summed E-state index contributed by atoms with van der Waals surface area (Å²) < 4.78 is 7.17. The number of thiazole rings is 1. The quantitative estimate of drug-likeness (QED) is 0.755. The van der Waals surface area contributed by atoms with E-state index in [4.69, 9.17) is 4.74 Å². The van der Waals surface area contributed by atoms with Gasteiger partial charge in [-0.3, -0.25) is 0 Å². The summed E-state index contributed by atoms with van der Waals surface area (Å²) in [6.45, 7) is 0.708. The van der Waals surface area contributed by atoms with E-state index in [2.05, 4.69) is 52.8 Å². The molecule has 0 amide bonds. The average Bonchev–Trinajstić information content (AvgIpc) is 2.93. The van der Waals surface area contributed by atoms with Crippen molar-refractivity contribution in [2.45, 2.75) is 31.6 Å². The van der Waals surface area contributed by atoms with E-state index in [1.165, 1.54) is 10.3 Å². The lowest BCUT2D eigenvalue weighted by molar-refractivity contribution is -0.0150. The van der Waals surface area contributed by atoms with Crippen molar-refractivity contribution in [3.8, 4) is 0 Å². The lowest BCUT2D eigenvalue weighted by Gasteiger charge is -2.35. The summed E-state index contributed by atoms with van der Waals surface area (Å²) in [7, 11) is 0. The Morgan fingerprint density at radius 3 is 2.64 bits per heavy atom. The lowest BCUT2D eigenvalue weighted by atomic mass is 9.89. The van der Waals surface area contributed by atoms with Gasteiger partial charge in [-0.1, -0.05) is 53.8 Å². The fourth-order valence-electron chi connectivity index (χ4n) is 2.72. The van der Waals surface area contributed by atoms with E-state index in [0.29, 0.717) is 18.8 Å². The molecule has 3 nitrogen and oxygen atoms in total. The second-order valence-electron chi connectivity index (χ2n) is 5.72. The third-order valence-corrected chi connectivity index (χ3v) is 5.01. The molecule has 1 aliphatic rings. The molecule has 4 heteroatoms. The molecular weight excluding hydrogens is 292 g/mol. The molecule has 0 bridgehead atoms. The standard InChI is InChI=1S/C18H18N2OS/c1-2-6-13(7-3-1)12-21-15-10-14(11-15)19-18-20-16-8-4-5-9-17(16)22-18/h1-9,14-15H,10-12H2,(H,19,20)/t14-,15-. The SMILES string of the molecule is c1ccc(CO[C@H]2C[C@H](Nc3nc4ccccc4s3)C2)cc1. The van der Waals surface area contributed by atoms with Gasteiger partial charge in [0, 0.05) is 6.04 Å². The van der Waals surface area contributed by atoms with E-state index in [9.17, 15) is 0 Å². The number of para-hydroxylation sites is 1. The van der Waals surface area contributed by atoms with E-state index in [-0.39, 0.29) is 0 Å². The first-order chi connectivity index (χ1) is 10.9. The van der Waals surface area contributed by atoms with Crippen LogP contribution < -0.4 is 5.32 Å². The number of nitrogens with zero attached hydrogens (tertiary/aromatic N) is 1. The van der Waals surface area contributed by atoms with Gasteiger partial charge < -0.3 is 10.1 Å². The molecule has 0 aliphatic heterocycles. The van der Waals surface area contributed by atoms with Crippen molar-refractivity contribution >= 4 is 26.7 Å². The molecule has 1 N–H and O–H groups in total. The lowest BCUT2D eigenvalue weighted by Crippen LogP contribution is -2.40. The Bertz CT molecular complexity index is 717. The third kappa shape index (κ3) is 2.98. The Morgan fingerprint density at radius 2 is 1.82 bits per heavy atom. The van der Waals surface area contributed by atoms with Gasteiger partial charge in [-0.25, -0.2) is 4.98 Å². The van der Waals surface area contributed by atoms with Crippen molar-refractivity contribution in [3.05, 3.63) is 60.2 Å². The number of nitrogens with one attached hydrogen (secondary N) is 1. The van der Waals surface area contributed by atoms with Gasteiger partial charge in [-0.05, 0) is 30.5 Å². The molecule has 1 aromatic heterocycles. The van der Waals surface area contributed by atoms with Crippen LogP contribution in [0.15, 0.2) is 54.6 Å². The van der Waals surface area contributed by atoms with Crippen molar-refractivity contribution in [3.63, 3.8) is 0 Å². The summed E-state index contributed by atoms with van der Waals surface area (Å²) in [4.78, 5) is 4.62. The fourth-order valence-corrected chi connectivity index (χ4v) is 3.66. The van der Waals surface area contributed by atoms with Crippen LogP contribution in [-0.4, -0.2) is 17.1 Å². The predicted octanol–water partition coefficient (Wildman–Crippen LogP) is 4.46. The highest BCUT2D eigenvalue weighted by molar-refractivity contribution is 7.22. The average molecular weight is 310 g/mol. The highest BCUT2D eigenvalue weighted by Gasteiger charge is 2.30. The number of ether oxygens (including phenoxy) is 1. The summed E-state index contributed by atoms with van der Waals surface area (Å²) in [6.07, 6.45) is 2.48. The van der Waals surface area contributed by atoms with Gasteiger partial charge in [0.25, 0.3) is 0 Å². The minimum absolute atomic E-state index is 0.368. The van der Waals surface area contributed by atoms with E-state index in [1.54, 1.807) is 11.3 Å². The van der Waals surface area contributed by atoms with Crippen LogP contribution in [0.3, 0.4) is 0 Å². The van der Waals surface area contributed by atoms with Gasteiger partial charge in [-0.2, -0.15) is 0 Å². The van der Waals surface area contributed by atoms with Crippen LogP contribution in [0, 0.1) is 0 Å².